The van der Waals surface area contributed by atoms with Crippen molar-refractivity contribution in [3.05, 3.63) is 48.5 Å². The van der Waals surface area contributed by atoms with E-state index in [1.807, 2.05) is 66.8 Å². The van der Waals surface area contributed by atoms with E-state index >= 15 is 0 Å². The second-order valence-electron chi connectivity index (χ2n) is 7.48. The van der Waals surface area contributed by atoms with Crippen molar-refractivity contribution in [3.8, 4) is 6.07 Å². The van der Waals surface area contributed by atoms with Gasteiger partial charge in [-0.3, -0.25) is 9.20 Å². The Balaban J connectivity index is 1.73. The summed E-state index contributed by atoms with van der Waals surface area (Å²) in [6.45, 7) is 5.58. The lowest BCUT2D eigenvalue weighted by Gasteiger charge is -2.27. The minimum Gasteiger partial charge on any atom is -0.337 e. The summed E-state index contributed by atoms with van der Waals surface area (Å²) in [4.78, 5) is 22.1. The van der Waals surface area contributed by atoms with E-state index in [4.69, 9.17) is 9.97 Å². The van der Waals surface area contributed by atoms with Gasteiger partial charge in [-0.15, -0.1) is 0 Å². The molecule has 6 nitrogen and oxygen atoms in total. The molecule has 2 aromatic heterocycles. The number of amides is 1. The van der Waals surface area contributed by atoms with Crippen LogP contribution in [0.3, 0.4) is 0 Å². The van der Waals surface area contributed by atoms with Crippen LogP contribution in [-0.4, -0.2) is 31.6 Å². The summed E-state index contributed by atoms with van der Waals surface area (Å²) >= 11 is 1.35. The molecule has 7 heteroatoms. The van der Waals surface area contributed by atoms with Crippen molar-refractivity contribution in [1.82, 2.24) is 19.7 Å². The number of carbonyl (C=O) groups excluding carboxylic acids is 1. The summed E-state index contributed by atoms with van der Waals surface area (Å²) < 4.78 is 2.00. The SMILES string of the molecule is CC(C)C(C)(C#N)NC(=O)CSc1nc2ccccc2c2nc3ccccc3n12. The molecule has 2 aromatic carbocycles. The molecular formula is C22H21N5OS. The Morgan fingerprint density at radius 2 is 1.86 bits per heavy atom. The average molecular weight is 404 g/mol. The van der Waals surface area contributed by atoms with Crippen molar-refractivity contribution in [2.75, 3.05) is 5.75 Å². The van der Waals surface area contributed by atoms with E-state index in [1.54, 1.807) is 6.92 Å². The molecular weight excluding hydrogens is 382 g/mol. The first-order valence-corrected chi connectivity index (χ1v) is 10.4. The zero-order valence-corrected chi connectivity index (χ0v) is 17.3. The lowest BCUT2D eigenvalue weighted by molar-refractivity contribution is -0.120. The molecule has 1 amide bonds. The highest BCUT2D eigenvalue weighted by Crippen LogP contribution is 2.29. The van der Waals surface area contributed by atoms with Crippen LogP contribution < -0.4 is 5.32 Å². The zero-order chi connectivity index (χ0) is 20.6. The number of fused-ring (bicyclic) bond motifs is 5. The van der Waals surface area contributed by atoms with Gasteiger partial charge in [0.25, 0.3) is 0 Å². The van der Waals surface area contributed by atoms with Gasteiger partial charge in [0.15, 0.2) is 5.16 Å². The van der Waals surface area contributed by atoms with Crippen LogP contribution in [0, 0.1) is 17.2 Å². The molecule has 0 spiro atoms. The third kappa shape index (κ3) is 3.40. The van der Waals surface area contributed by atoms with E-state index in [9.17, 15) is 10.1 Å². The predicted octanol–water partition coefficient (Wildman–Crippen LogP) is 4.18. The third-order valence-corrected chi connectivity index (χ3v) is 6.17. The van der Waals surface area contributed by atoms with Crippen LogP contribution in [0.5, 0.6) is 0 Å². The van der Waals surface area contributed by atoms with Gasteiger partial charge >= 0.3 is 0 Å². The van der Waals surface area contributed by atoms with Crippen molar-refractivity contribution >= 4 is 45.3 Å². The van der Waals surface area contributed by atoms with Gasteiger partial charge in [-0.1, -0.05) is 49.9 Å². The van der Waals surface area contributed by atoms with Gasteiger partial charge in [0.2, 0.25) is 5.91 Å². The molecule has 0 saturated heterocycles. The number of aromatic nitrogens is 3. The largest absolute Gasteiger partial charge is 0.337 e. The highest BCUT2D eigenvalue weighted by atomic mass is 32.2. The van der Waals surface area contributed by atoms with Crippen molar-refractivity contribution in [2.45, 2.75) is 31.5 Å². The fourth-order valence-electron chi connectivity index (χ4n) is 3.17. The van der Waals surface area contributed by atoms with Crippen LogP contribution in [0.2, 0.25) is 0 Å². The summed E-state index contributed by atoms with van der Waals surface area (Å²) in [5.74, 6) is -0.0264. The number of rotatable bonds is 5. The molecule has 0 fully saturated rings. The maximum atomic E-state index is 12.6. The average Bonchev–Trinajstić information content (AvgIpc) is 3.12. The number of hydrogen-bond donors (Lipinski definition) is 1. The molecule has 2 heterocycles. The summed E-state index contributed by atoms with van der Waals surface area (Å²) in [7, 11) is 0. The monoisotopic (exact) mass is 403 g/mol. The number of thioether (sulfide) groups is 1. The molecule has 1 unspecified atom stereocenters. The van der Waals surface area contributed by atoms with Crippen LogP contribution in [-0.2, 0) is 4.79 Å². The van der Waals surface area contributed by atoms with Gasteiger partial charge in [0, 0.05) is 5.39 Å². The van der Waals surface area contributed by atoms with Crippen molar-refractivity contribution in [2.24, 2.45) is 5.92 Å². The molecule has 0 radical (unpaired) electrons. The minimum absolute atomic E-state index is 0.00421. The van der Waals surface area contributed by atoms with E-state index in [1.165, 1.54) is 11.8 Å². The minimum atomic E-state index is -0.897. The number of hydrogen-bond acceptors (Lipinski definition) is 5. The zero-order valence-electron chi connectivity index (χ0n) is 16.5. The molecule has 0 aliphatic carbocycles. The fraction of sp³-hybridized carbons (Fsp3) is 0.273. The predicted molar refractivity (Wildman–Crippen MR) is 116 cm³/mol. The third-order valence-electron chi connectivity index (χ3n) is 5.23. The Morgan fingerprint density at radius 1 is 1.17 bits per heavy atom. The molecule has 146 valence electrons. The van der Waals surface area contributed by atoms with Crippen molar-refractivity contribution in [3.63, 3.8) is 0 Å². The maximum absolute atomic E-state index is 12.6. The fourth-order valence-corrected chi connectivity index (χ4v) is 3.98. The molecule has 29 heavy (non-hydrogen) atoms. The topological polar surface area (TPSA) is 83.1 Å². The smallest absolute Gasteiger partial charge is 0.231 e. The van der Waals surface area contributed by atoms with Crippen LogP contribution in [0.15, 0.2) is 53.7 Å². The van der Waals surface area contributed by atoms with Crippen molar-refractivity contribution in [1.29, 1.82) is 5.26 Å². The first-order valence-electron chi connectivity index (χ1n) is 9.44. The van der Waals surface area contributed by atoms with E-state index in [0.717, 1.165) is 27.6 Å². The Hall–Kier alpha value is -3.11. The standard InChI is InChI=1S/C22H21N5OS/c1-14(2)22(3,13-23)26-19(28)12-29-21-25-16-9-5-4-8-15(16)20-24-17-10-6-7-11-18(17)27(20)21/h4-11,14H,12H2,1-3H3,(H,26,28). The Kier molecular flexibility index (Phi) is 4.89. The first kappa shape index (κ1) is 19.2. The Morgan fingerprint density at radius 3 is 2.59 bits per heavy atom. The molecule has 0 aliphatic rings. The van der Waals surface area contributed by atoms with Gasteiger partial charge < -0.3 is 5.32 Å². The quantitative estimate of drug-likeness (QED) is 0.399. The van der Waals surface area contributed by atoms with Gasteiger partial charge in [-0.05, 0) is 37.1 Å². The maximum Gasteiger partial charge on any atom is 0.231 e. The van der Waals surface area contributed by atoms with E-state index in [2.05, 4.69) is 11.4 Å². The number of para-hydroxylation sites is 3. The highest BCUT2D eigenvalue weighted by Gasteiger charge is 2.30. The van der Waals surface area contributed by atoms with E-state index < -0.39 is 5.54 Å². The summed E-state index contributed by atoms with van der Waals surface area (Å²) in [5, 5.41) is 14.0. The first-order chi connectivity index (χ1) is 13.9. The Bertz CT molecular complexity index is 1270. The van der Waals surface area contributed by atoms with Gasteiger partial charge in [-0.2, -0.15) is 5.26 Å². The summed E-state index contributed by atoms with van der Waals surface area (Å²) in [6.07, 6.45) is 0. The summed E-state index contributed by atoms with van der Waals surface area (Å²) in [5.41, 5.74) is 2.60. The second-order valence-corrected chi connectivity index (χ2v) is 8.42. The molecule has 0 saturated carbocycles. The molecule has 0 bridgehead atoms. The van der Waals surface area contributed by atoms with E-state index in [0.29, 0.717) is 5.16 Å². The number of nitriles is 1. The molecule has 1 atom stereocenters. The van der Waals surface area contributed by atoms with Crippen LogP contribution in [0.25, 0.3) is 27.6 Å². The highest BCUT2D eigenvalue weighted by molar-refractivity contribution is 7.99. The van der Waals surface area contributed by atoms with Gasteiger partial charge in [0.1, 0.15) is 11.2 Å². The van der Waals surface area contributed by atoms with Gasteiger partial charge in [0.05, 0.1) is 28.4 Å². The number of nitrogens with zero attached hydrogens (tertiary/aromatic N) is 4. The van der Waals surface area contributed by atoms with Crippen LogP contribution in [0.1, 0.15) is 20.8 Å². The Labute approximate surface area is 172 Å². The number of imidazole rings is 1. The molecule has 4 aromatic rings. The van der Waals surface area contributed by atoms with Gasteiger partial charge in [-0.25, -0.2) is 9.97 Å². The number of nitrogens with one attached hydrogen (secondary N) is 1. The van der Waals surface area contributed by atoms with Crippen LogP contribution >= 0.6 is 11.8 Å². The summed E-state index contributed by atoms with van der Waals surface area (Å²) in [6, 6.07) is 18.0. The molecule has 4 rings (SSSR count). The van der Waals surface area contributed by atoms with Crippen molar-refractivity contribution < 1.29 is 4.79 Å². The molecule has 0 aliphatic heterocycles. The molecule has 1 N–H and O–H groups in total. The lowest BCUT2D eigenvalue weighted by Crippen LogP contribution is -2.49. The number of carbonyl (C=O) groups is 1. The van der Waals surface area contributed by atoms with E-state index in [-0.39, 0.29) is 17.6 Å². The lowest BCUT2D eigenvalue weighted by atomic mass is 9.90. The number of benzene rings is 2. The second kappa shape index (κ2) is 7.37. The normalized spacial score (nSPS) is 13.6. The van der Waals surface area contributed by atoms with Crippen LogP contribution in [0.4, 0.5) is 0 Å².